The molecule has 0 heterocycles. The van der Waals surface area contributed by atoms with Gasteiger partial charge in [0.2, 0.25) is 5.91 Å². The quantitative estimate of drug-likeness (QED) is 0.852. The van der Waals surface area contributed by atoms with Crippen LogP contribution in [0.1, 0.15) is 23.6 Å². The molecule has 116 valence electrons. The van der Waals surface area contributed by atoms with E-state index < -0.39 is 0 Å². The summed E-state index contributed by atoms with van der Waals surface area (Å²) in [5, 5.41) is 3.15. The van der Waals surface area contributed by atoms with Crippen LogP contribution in [-0.2, 0) is 11.2 Å². The maximum Gasteiger partial charge on any atom is 0.220 e. The molecule has 2 rings (SSSR count). The van der Waals surface area contributed by atoms with E-state index in [0.717, 1.165) is 18.5 Å². The lowest BCUT2D eigenvalue weighted by molar-refractivity contribution is -0.121. The van der Waals surface area contributed by atoms with Crippen LogP contribution in [0.25, 0.3) is 0 Å². The zero-order chi connectivity index (χ0) is 15.8. The topological polar surface area (TPSA) is 32.3 Å². The first-order valence-corrected chi connectivity index (χ1v) is 7.68. The molecule has 0 saturated heterocycles. The van der Waals surface area contributed by atoms with Crippen molar-refractivity contribution in [2.45, 2.75) is 18.9 Å². The third-order valence-electron chi connectivity index (χ3n) is 3.57. The Labute approximate surface area is 133 Å². The zero-order valence-corrected chi connectivity index (χ0v) is 13.3. The minimum atomic E-state index is 0.0273. The summed E-state index contributed by atoms with van der Waals surface area (Å²) in [4.78, 5) is 14.3. The molecular formula is C19H24N2O. The van der Waals surface area contributed by atoms with Gasteiger partial charge in [-0.3, -0.25) is 4.79 Å². The molecule has 1 unspecified atom stereocenters. The highest BCUT2D eigenvalue weighted by Gasteiger charge is 2.15. The van der Waals surface area contributed by atoms with Crippen LogP contribution in [0, 0.1) is 0 Å². The van der Waals surface area contributed by atoms with Crippen LogP contribution in [0.15, 0.2) is 60.7 Å². The number of benzene rings is 2. The minimum Gasteiger partial charge on any atom is -0.348 e. The fourth-order valence-electron chi connectivity index (χ4n) is 2.45. The molecule has 0 spiro atoms. The second-order valence-corrected chi connectivity index (χ2v) is 5.78. The van der Waals surface area contributed by atoms with E-state index in [4.69, 9.17) is 0 Å². The minimum absolute atomic E-state index is 0.0273. The van der Waals surface area contributed by atoms with Gasteiger partial charge < -0.3 is 10.2 Å². The maximum atomic E-state index is 12.3. The highest BCUT2D eigenvalue weighted by atomic mass is 16.1. The number of nitrogens with zero attached hydrogens (tertiary/aromatic N) is 1. The Morgan fingerprint density at radius 2 is 1.59 bits per heavy atom. The van der Waals surface area contributed by atoms with Gasteiger partial charge in [0.1, 0.15) is 0 Å². The molecule has 3 heteroatoms. The van der Waals surface area contributed by atoms with Crippen molar-refractivity contribution < 1.29 is 4.79 Å². The van der Waals surface area contributed by atoms with Crippen molar-refractivity contribution in [1.82, 2.24) is 10.2 Å². The molecule has 1 N–H and O–H groups in total. The van der Waals surface area contributed by atoms with Crippen molar-refractivity contribution in [3.05, 3.63) is 71.8 Å². The van der Waals surface area contributed by atoms with Gasteiger partial charge in [-0.05, 0) is 31.6 Å². The lowest BCUT2D eigenvalue weighted by Gasteiger charge is -2.23. The van der Waals surface area contributed by atoms with Gasteiger partial charge in [0, 0.05) is 13.0 Å². The van der Waals surface area contributed by atoms with Crippen LogP contribution < -0.4 is 5.32 Å². The van der Waals surface area contributed by atoms with E-state index in [0.29, 0.717) is 6.42 Å². The normalized spacial score (nSPS) is 12.1. The Balaban J connectivity index is 1.93. The fraction of sp³-hybridized carbons (Fsp3) is 0.316. The summed E-state index contributed by atoms with van der Waals surface area (Å²) in [5.41, 5.74) is 2.34. The van der Waals surface area contributed by atoms with Gasteiger partial charge in [-0.15, -0.1) is 0 Å². The van der Waals surface area contributed by atoms with Gasteiger partial charge in [0.05, 0.1) is 6.04 Å². The average molecular weight is 296 g/mol. The molecule has 22 heavy (non-hydrogen) atoms. The summed E-state index contributed by atoms with van der Waals surface area (Å²) in [5.74, 6) is 0.0968. The van der Waals surface area contributed by atoms with Gasteiger partial charge in [0.15, 0.2) is 0 Å². The summed E-state index contributed by atoms with van der Waals surface area (Å²) in [7, 11) is 4.04. The lowest BCUT2D eigenvalue weighted by atomic mass is 10.1. The predicted octanol–water partition coefficient (Wildman–Crippen LogP) is 3.04. The first-order valence-electron chi connectivity index (χ1n) is 7.68. The highest BCUT2D eigenvalue weighted by Crippen LogP contribution is 2.14. The third-order valence-corrected chi connectivity index (χ3v) is 3.57. The lowest BCUT2D eigenvalue weighted by Crippen LogP contribution is -2.35. The van der Waals surface area contributed by atoms with Crippen molar-refractivity contribution in [3.63, 3.8) is 0 Å². The van der Waals surface area contributed by atoms with Gasteiger partial charge in [0.25, 0.3) is 0 Å². The van der Waals surface area contributed by atoms with Crippen molar-refractivity contribution in [2.24, 2.45) is 0 Å². The average Bonchev–Trinajstić information content (AvgIpc) is 2.54. The molecular weight excluding hydrogens is 272 g/mol. The van der Waals surface area contributed by atoms with Gasteiger partial charge in [-0.1, -0.05) is 60.7 Å². The molecule has 0 fully saturated rings. The molecule has 0 aliphatic carbocycles. The molecule has 3 nitrogen and oxygen atoms in total. The van der Waals surface area contributed by atoms with Crippen molar-refractivity contribution >= 4 is 5.91 Å². The summed E-state index contributed by atoms with van der Waals surface area (Å²) in [6.07, 6.45) is 1.29. The zero-order valence-electron chi connectivity index (χ0n) is 13.3. The molecule has 0 radical (unpaired) electrons. The number of aryl methyl sites for hydroxylation is 1. The summed E-state index contributed by atoms with van der Waals surface area (Å²) >= 11 is 0. The van der Waals surface area contributed by atoms with Crippen molar-refractivity contribution in [3.8, 4) is 0 Å². The van der Waals surface area contributed by atoms with Crippen LogP contribution in [0.3, 0.4) is 0 Å². The number of carbonyl (C=O) groups is 1. The summed E-state index contributed by atoms with van der Waals surface area (Å²) in [6.45, 7) is 0.793. The molecule has 0 aliphatic rings. The Morgan fingerprint density at radius 3 is 2.18 bits per heavy atom. The molecule has 0 aliphatic heterocycles. The number of amides is 1. The summed E-state index contributed by atoms with van der Waals surface area (Å²) in [6, 6.07) is 20.3. The Bertz CT molecular complexity index is 567. The number of carbonyl (C=O) groups excluding carboxylic acids is 1. The molecule has 0 bridgehead atoms. The predicted molar refractivity (Wildman–Crippen MR) is 90.6 cm³/mol. The van der Waals surface area contributed by atoms with E-state index in [9.17, 15) is 4.79 Å². The Kier molecular flexibility index (Phi) is 6.16. The second kappa shape index (κ2) is 8.35. The van der Waals surface area contributed by atoms with E-state index in [1.807, 2.05) is 50.5 Å². The van der Waals surface area contributed by atoms with E-state index in [1.54, 1.807) is 0 Å². The van der Waals surface area contributed by atoms with Gasteiger partial charge >= 0.3 is 0 Å². The highest BCUT2D eigenvalue weighted by molar-refractivity contribution is 5.76. The standard InChI is InChI=1S/C19H24N2O/c1-21(2)15-18(17-11-7-4-8-12-17)20-19(22)14-13-16-9-5-3-6-10-16/h3-12,18H,13-15H2,1-2H3,(H,20,22). The van der Waals surface area contributed by atoms with E-state index >= 15 is 0 Å². The van der Waals surface area contributed by atoms with Crippen LogP contribution in [0.5, 0.6) is 0 Å². The van der Waals surface area contributed by atoms with Gasteiger partial charge in [-0.25, -0.2) is 0 Å². The van der Waals surface area contributed by atoms with E-state index in [-0.39, 0.29) is 11.9 Å². The molecule has 2 aromatic rings. The van der Waals surface area contributed by atoms with Gasteiger partial charge in [-0.2, -0.15) is 0 Å². The first-order chi connectivity index (χ1) is 10.6. The van der Waals surface area contributed by atoms with Crippen molar-refractivity contribution in [2.75, 3.05) is 20.6 Å². The van der Waals surface area contributed by atoms with Crippen LogP contribution >= 0.6 is 0 Å². The Hall–Kier alpha value is -2.13. The molecule has 2 aromatic carbocycles. The number of rotatable bonds is 7. The van der Waals surface area contributed by atoms with E-state index in [2.05, 4.69) is 34.5 Å². The molecule has 1 amide bonds. The van der Waals surface area contributed by atoms with Crippen molar-refractivity contribution in [1.29, 1.82) is 0 Å². The third kappa shape index (κ3) is 5.34. The number of nitrogens with one attached hydrogen (secondary N) is 1. The summed E-state index contributed by atoms with van der Waals surface area (Å²) < 4.78 is 0. The number of likely N-dealkylation sites (N-methyl/N-ethyl adjacent to an activating group) is 1. The molecule has 1 atom stereocenters. The fourth-order valence-corrected chi connectivity index (χ4v) is 2.45. The number of hydrogen-bond acceptors (Lipinski definition) is 2. The second-order valence-electron chi connectivity index (χ2n) is 5.78. The van der Waals surface area contributed by atoms with Crippen LogP contribution in [0.2, 0.25) is 0 Å². The first kappa shape index (κ1) is 16.2. The maximum absolute atomic E-state index is 12.3. The molecule has 0 aromatic heterocycles. The van der Waals surface area contributed by atoms with Crippen LogP contribution in [0.4, 0.5) is 0 Å². The number of hydrogen-bond donors (Lipinski definition) is 1. The molecule has 0 saturated carbocycles. The SMILES string of the molecule is CN(C)CC(NC(=O)CCc1ccccc1)c1ccccc1. The smallest absolute Gasteiger partial charge is 0.220 e. The Morgan fingerprint density at radius 1 is 1.00 bits per heavy atom. The monoisotopic (exact) mass is 296 g/mol. The van der Waals surface area contributed by atoms with E-state index in [1.165, 1.54) is 5.56 Å². The largest absolute Gasteiger partial charge is 0.348 e. The van der Waals surface area contributed by atoms with Crippen LogP contribution in [-0.4, -0.2) is 31.4 Å².